The summed E-state index contributed by atoms with van der Waals surface area (Å²) >= 11 is 6.22. The Labute approximate surface area is 116 Å². The number of phenolic OH excluding ortho intramolecular Hbond substituents is 1. The molecule has 0 saturated carbocycles. The van der Waals surface area contributed by atoms with Crippen molar-refractivity contribution in [3.63, 3.8) is 0 Å². The molecule has 4 nitrogen and oxygen atoms in total. The Kier molecular flexibility index (Phi) is 2.47. The van der Waals surface area contributed by atoms with E-state index in [4.69, 9.17) is 17.3 Å². The number of aromatic nitrogens is 2. The van der Waals surface area contributed by atoms with Gasteiger partial charge in [0.05, 0.1) is 10.7 Å². The largest absolute Gasteiger partial charge is 0.506 e. The zero-order valence-electron chi connectivity index (χ0n) is 10.7. The number of aromatic hydroxyl groups is 1. The van der Waals surface area contributed by atoms with E-state index in [0.29, 0.717) is 17.3 Å². The van der Waals surface area contributed by atoms with Crippen molar-refractivity contribution < 1.29 is 5.11 Å². The second-order valence-corrected chi connectivity index (χ2v) is 5.85. The molecule has 0 fully saturated rings. The second-order valence-electron chi connectivity index (χ2n) is 5.47. The normalized spacial score (nSPS) is 15.7. The van der Waals surface area contributed by atoms with Crippen LogP contribution in [0.4, 0.5) is 5.82 Å². The first kappa shape index (κ1) is 12.2. The van der Waals surface area contributed by atoms with Crippen LogP contribution < -0.4 is 5.73 Å². The maximum absolute atomic E-state index is 9.76. The van der Waals surface area contributed by atoms with Gasteiger partial charge in [0.1, 0.15) is 17.9 Å². The minimum Gasteiger partial charge on any atom is -0.506 e. The van der Waals surface area contributed by atoms with E-state index in [1.807, 2.05) is 6.07 Å². The molecule has 0 aliphatic heterocycles. The standard InChI is InChI=1S/C14H14ClN3O/c1-14(2)5-8-7(3-4-9(19)11(8)15)12-10(14)13(16)18-6-17-12/h3-4,6,19H,5H2,1-2H3,(H2,16,17,18). The van der Waals surface area contributed by atoms with Crippen molar-refractivity contribution in [3.05, 3.63) is 34.6 Å². The Morgan fingerprint density at radius 3 is 2.79 bits per heavy atom. The Hall–Kier alpha value is -1.81. The van der Waals surface area contributed by atoms with Gasteiger partial charge in [0.15, 0.2) is 0 Å². The van der Waals surface area contributed by atoms with Crippen molar-refractivity contribution in [2.24, 2.45) is 0 Å². The van der Waals surface area contributed by atoms with Gasteiger partial charge in [-0.25, -0.2) is 9.97 Å². The Bertz CT molecular complexity index is 683. The van der Waals surface area contributed by atoms with Crippen LogP contribution in [0.15, 0.2) is 18.5 Å². The smallest absolute Gasteiger partial charge is 0.134 e. The van der Waals surface area contributed by atoms with E-state index in [-0.39, 0.29) is 11.2 Å². The molecule has 3 rings (SSSR count). The quantitative estimate of drug-likeness (QED) is 0.775. The predicted octanol–water partition coefficient (Wildman–Crippen LogP) is 2.92. The predicted molar refractivity (Wildman–Crippen MR) is 75.3 cm³/mol. The molecule has 1 heterocycles. The molecule has 3 N–H and O–H groups in total. The van der Waals surface area contributed by atoms with Gasteiger partial charge >= 0.3 is 0 Å². The summed E-state index contributed by atoms with van der Waals surface area (Å²) < 4.78 is 0. The van der Waals surface area contributed by atoms with Crippen LogP contribution in [0.3, 0.4) is 0 Å². The number of nitrogens with zero attached hydrogens (tertiary/aromatic N) is 2. The fourth-order valence-corrected chi connectivity index (χ4v) is 3.04. The number of benzene rings is 1. The lowest BCUT2D eigenvalue weighted by Gasteiger charge is -2.34. The van der Waals surface area contributed by atoms with E-state index in [1.54, 1.807) is 6.07 Å². The number of fused-ring (bicyclic) bond motifs is 3. The van der Waals surface area contributed by atoms with Crippen molar-refractivity contribution in [2.45, 2.75) is 25.7 Å². The highest BCUT2D eigenvalue weighted by atomic mass is 35.5. The minimum atomic E-state index is -0.217. The number of nitrogens with two attached hydrogens (primary N) is 1. The van der Waals surface area contributed by atoms with Gasteiger partial charge in [-0.05, 0) is 29.5 Å². The molecule has 0 amide bonds. The van der Waals surface area contributed by atoms with Gasteiger partial charge in [-0.3, -0.25) is 0 Å². The van der Waals surface area contributed by atoms with E-state index in [2.05, 4.69) is 23.8 Å². The molecule has 98 valence electrons. The summed E-state index contributed by atoms with van der Waals surface area (Å²) in [5, 5.41) is 10.2. The van der Waals surface area contributed by atoms with Gasteiger partial charge in [0.25, 0.3) is 0 Å². The Morgan fingerprint density at radius 2 is 2.05 bits per heavy atom. The van der Waals surface area contributed by atoms with Gasteiger partial charge in [-0.15, -0.1) is 0 Å². The monoisotopic (exact) mass is 275 g/mol. The lowest BCUT2D eigenvalue weighted by molar-refractivity contribution is 0.471. The maximum Gasteiger partial charge on any atom is 0.134 e. The fourth-order valence-electron chi connectivity index (χ4n) is 2.80. The van der Waals surface area contributed by atoms with Crippen molar-refractivity contribution >= 4 is 17.4 Å². The maximum atomic E-state index is 9.76. The number of hydrogen-bond donors (Lipinski definition) is 2. The zero-order chi connectivity index (χ0) is 13.8. The first-order chi connectivity index (χ1) is 8.92. The fraction of sp³-hybridized carbons (Fsp3) is 0.286. The van der Waals surface area contributed by atoms with E-state index >= 15 is 0 Å². The summed E-state index contributed by atoms with van der Waals surface area (Å²) in [5.74, 6) is 0.603. The van der Waals surface area contributed by atoms with Crippen molar-refractivity contribution in [1.82, 2.24) is 9.97 Å². The molecule has 2 aromatic rings. The molecule has 19 heavy (non-hydrogen) atoms. The average molecular weight is 276 g/mol. The SMILES string of the molecule is CC1(C)Cc2c(ccc(O)c2Cl)-c2ncnc(N)c21. The first-order valence-electron chi connectivity index (χ1n) is 6.03. The third-order valence-corrected chi connectivity index (χ3v) is 4.07. The summed E-state index contributed by atoms with van der Waals surface area (Å²) in [6, 6.07) is 3.42. The highest BCUT2D eigenvalue weighted by Gasteiger charge is 2.35. The van der Waals surface area contributed by atoms with E-state index in [9.17, 15) is 5.11 Å². The number of anilines is 1. The number of hydrogen-bond acceptors (Lipinski definition) is 4. The van der Waals surface area contributed by atoms with Gasteiger partial charge in [-0.1, -0.05) is 25.4 Å². The van der Waals surface area contributed by atoms with Gasteiger partial charge in [-0.2, -0.15) is 0 Å². The molecular formula is C14H14ClN3O. The molecule has 0 atom stereocenters. The van der Waals surface area contributed by atoms with Crippen LogP contribution in [-0.2, 0) is 11.8 Å². The topological polar surface area (TPSA) is 72.0 Å². The summed E-state index contributed by atoms with van der Waals surface area (Å²) in [6.45, 7) is 4.16. The van der Waals surface area contributed by atoms with Crippen LogP contribution in [0.1, 0.15) is 25.0 Å². The third kappa shape index (κ3) is 1.67. The van der Waals surface area contributed by atoms with E-state index < -0.39 is 0 Å². The number of phenols is 1. The summed E-state index contributed by atoms with van der Waals surface area (Å²) in [7, 11) is 0. The molecule has 1 aromatic carbocycles. The van der Waals surface area contributed by atoms with Crippen molar-refractivity contribution in [1.29, 1.82) is 0 Å². The molecule has 5 heteroatoms. The van der Waals surface area contributed by atoms with E-state index in [1.165, 1.54) is 6.33 Å². The Morgan fingerprint density at radius 1 is 1.32 bits per heavy atom. The molecule has 0 saturated heterocycles. The van der Waals surface area contributed by atoms with E-state index in [0.717, 1.165) is 22.4 Å². The molecule has 0 spiro atoms. The third-order valence-electron chi connectivity index (χ3n) is 3.65. The van der Waals surface area contributed by atoms with Gasteiger partial charge in [0, 0.05) is 11.1 Å². The van der Waals surface area contributed by atoms with Crippen LogP contribution in [-0.4, -0.2) is 15.1 Å². The average Bonchev–Trinajstić information content (AvgIpc) is 2.34. The van der Waals surface area contributed by atoms with Crippen LogP contribution >= 0.6 is 11.6 Å². The minimum absolute atomic E-state index is 0.0988. The highest BCUT2D eigenvalue weighted by molar-refractivity contribution is 6.33. The summed E-state index contributed by atoms with van der Waals surface area (Å²) in [5.41, 5.74) is 9.38. The molecule has 0 radical (unpaired) electrons. The highest BCUT2D eigenvalue weighted by Crippen LogP contribution is 2.47. The molecule has 0 bridgehead atoms. The number of rotatable bonds is 0. The first-order valence-corrected chi connectivity index (χ1v) is 6.41. The molecular weight excluding hydrogens is 262 g/mol. The number of nitrogen functional groups attached to an aromatic ring is 1. The molecule has 1 aliphatic carbocycles. The number of halogens is 1. The Balaban J connectivity index is 2.39. The van der Waals surface area contributed by atoms with Crippen LogP contribution in [0, 0.1) is 0 Å². The molecule has 1 aliphatic rings. The summed E-state index contributed by atoms with van der Waals surface area (Å²) in [6.07, 6.45) is 2.15. The van der Waals surface area contributed by atoms with Gasteiger partial charge in [0.2, 0.25) is 0 Å². The van der Waals surface area contributed by atoms with Crippen molar-refractivity contribution in [2.75, 3.05) is 5.73 Å². The molecule has 0 unspecified atom stereocenters. The summed E-state index contributed by atoms with van der Waals surface area (Å²) in [4.78, 5) is 8.44. The van der Waals surface area contributed by atoms with Crippen LogP contribution in [0.2, 0.25) is 5.02 Å². The van der Waals surface area contributed by atoms with Gasteiger partial charge < -0.3 is 10.8 Å². The lowest BCUT2D eigenvalue weighted by Crippen LogP contribution is -2.28. The van der Waals surface area contributed by atoms with Crippen LogP contribution in [0.5, 0.6) is 5.75 Å². The second kappa shape index (κ2) is 3.84. The molecule has 1 aromatic heterocycles. The lowest BCUT2D eigenvalue weighted by atomic mass is 9.72. The van der Waals surface area contributed by atoms with Crippen LogP contribution in [0.25, 0.3) is 11.3 Å². The van der Waals surface area contributed by atoms with Crippen molar-refractivity contribution in [3.8, 4) is 17.0 Å². The zero-order valence-corrected chi connectivity index (χ0v) is 11.5.